The number of hydrogen-bond acceptors (Lipinski definition) is 2. The Morgan fingerprint density at radius 3 is 2.67 bits per heavy atom. The van der Waals surface area contributed by atoms with Crippen molar-refractivity contribution >= 4 is 11.6 Å². The van der Waals surface area contributed by atoms with E-state index in [1.807, 2.05) is 12.1 Å². The summed E-state index contributed by atoms with van der Waals surface area (Å²) in [5.41, 5.74) is 9.41. The van der Waals surface area contributed by atoms with Gasteiger partial charge in [-0.2, -0.15) is 0 Å². The summed E-state index contributed by atoms with van der Waals surface area (Å²) in [5.74, 6) is -0.397. The summed E-state index contributed by atoms with van der Waals surface area (Å²) in [6.07, 6.45) is 2.07. The van der Waals surface area contributed by atoms with Crippen LogP contribution in [0.2, 0.25) is 0 Å². The van der Waals surface area contributed by atoms with E-state index in [0.717, 1.165) is 18.5 Å². The molecular formula is C18H22N2O. The zero-order valence-electron chi connectivity index (χ0n) is 12.6. The van der Waals surface area contributed by atoms with Crippen LogP contribution >= 0.6 is 0 Å². The Bertz CT molecular complexity index is 622. The molecule has 2 aromatic rings. The van der Waals surface area contributed by atoms with Crippen molar-refractivity contribution < 1.29 is 4.79 Å². The summed E-state index contributed by atoms with van der Waals surface area (Å²) >= 11 is 0. The number of rotatable bonds is 6. The summed E-state index contributed by atoms with van der Waals surface area (Å²) in [6.45, 7) is 4.26. The third kappa shape index (κ3) is 4.63. The van der Waals surface area contributed by atoms with Crippen molar-refractivity contribution in [2.24, 2.45) is 5.73 Å². The molecule has 3 nitrogen and oxygen atoms in total. The molecule has 0 saturated carbocycles. The zero-order chi connectivity index (χ0) is 15.2. The van der Waals surface area contributed by atoms with Crippen LogP contribution in [0.25, 0.3) is 0 Å². The van der Waals surface area contributed by atoms with E-state index in [4.69, 9.17) is 5.73 Å². The van der Waals surface area contributed by atoms with Crippen molar-refractivity contribution in [1.82, 2.24) is 0 Å². The number of carbonyl (C=O) groups excluding carboxylic acids is 1. The molecule has 0 aliphatic heterocycles. The van der Waals surface area contributed by atoms with Gasteiger partial charge in [-0.25, -0.2) is 0 Å². The van der Waals surface area contributed by atoms with E-state index in [0.29, 0.717) is 11.6 Å². The fraction of sp³-hybridized carbons (Fsp3) is 0.278. The molecule has 0 saturated heterocycles. The molecule has 0 fully saturated rings. The maximum absolute atomic E-state index is 11.2. The summed E-state index contributed by atoms with van der Waals surface area (Å²) in [6, 6.07) is 16.2. The van der Waals surface area contributed by atoms with E-state index in [1.165, 1.54) is 11.1 Å². The van der Waals surface area contributed by atoms with Gasteiger partial charge in [0.25, 0.3) is 0 Å². The number of anilines is 1. The minimum Gasteiger partial charge on any atom is -0.383 e. The Balaban J connectivity index is 1.91. The van der Waals surface area contributed by atoms with Gasteiger partial charge in [0.2, 0.25) is 5.91 Å². The molecule has 0 heterocycles. The van der Waals surface area contributed by atoms with Crippen LogP contribution in [-0.4, -0.2) is 11.9 Å². The predicted octanol–water partition coefficient (Wildman–Crippen LogP) is 3.53. The Morgan fingerprint density at radius 1 is 1.19 bits per heavy atom. The van der Waals surface area contributed by atoms with Gasteiger partial charge in [0.05, 0.1) is 0 Å². The van der Waals surface area contributed by atoms with Gasteiger partial charge in [-0.15, -0.1) is 0 Å². The molecule has 0 radical (unpaired) electrons. The zero-order valence-corrected chi connectivity index (χ0v) is 12.6. The van der Waals surface area contributed by atoms with E-state index in [9.17, 15) is 4.79 Å². The first kappa shape index (κ1) is 15.1. The second kappa shape index (κ2) is 6.93. The van der Waals surface area contributed by atoms with Crippen molar-refractivity contribution in [3.05, 3.63) is 65.2 Å². The molecule has 1 unspecified atom stereocenters. The highest BCUT2D eigenvalue weighted by molar-refractivity contribution is 5.93. The first-order valence-corrected chi connectivity index (χ1v) is 7.26. The quantitative estimate of drug-likeness (QED) is 0.851. The highest BCUT2D eigenvalue weighted by Gasteiger charge is 2.05. The van der Waals surface area contributed by atoms with Gasteiger partial charge in [0, 0.05) is 17.3 Å². The van der Waals surface area contributed by atoms with E-state index in [1.54, 1.807) is 12.1 Å². The molecule has 0 aromatic heterocycles. The summed E-state index contributed by atoms with van der Waals surface area (Å²) in [5, 5.41) is 3.41. The van der Waals surface area contributed by atoms with Gasteiger partial charge in [0.15, 0.2) is 0 Å². The fourth-order valence-electron chi connectivity index (χ4n) is 2.37. The third-order valence-electron chi connectivity index (χ3n) is 3.51. The van der Waals surface area contributed by atoms with Crippen LogP contribution in [0.1, 0.15) is 34.8 Å². The number of aryl methyl sites for hydroxylation is 2. The molecule has 2 aromatic carbocycles. The van der Waals surface area contributed by atoms with Crippen LogP contribution < -0.4 is 11.1 Å². The first-order valence-electron chi connectivity index (χ1n) is 7.26. The molecule has 21 heavy (non-hydrogen) atoms. The summed E-state index contributed by atoms with van der Waals surface area (Å²) in [4.78, 5) is 11.2. The van der Waals surface area contributed by atoms with Crippen LogP contribution in [0.15, 0.2) is 48.5 Å². The number of carbonyl (C=O) groups is 1. The second-order valence-electron chi connectivity index (χ2n) is 5.52. The summed E-state index contributed by atoms with van der Waals surface area (Å²) < 4.78 is 0. The highest BCUT2D eigenvalue weighted by atomic mass is 16.1. The van der Waals surface area contributed by atoms with Crippen LogP contribution in [0.3, 0.4) is 0 Å². The number of amides is 1. The van der Waals surface area contributed by atoms with E-state index in [-0.39, 0.29) is 0 Å². The molecule has 0 aliphatic rings. The van der Waals surface area contributed by atoms with Crippen molar-refractivity contribution in [2.75, 3.05) is 5.32 Å². The molecule has 3 N–H and O–H groups in total. The Labute approximate surface area is 126 Å². The fourth-order valence-corrected chi connectivity index (χ4v) is 2.37. The van der Waals surface area contributed by atoms with Gasteiger partial charge in [0.1, 0.15) is 0 Å². The third-order valence-corrected chi connectivity index (χ3v) is 3.51. The van der Waals surface area contributed by atoms with Crippen molar-refractivity contribution in [2.45, 2.75) is 32.7 Å². The highest BCUT2D eigenvalue weighted by Crippen LogP contribution is 2.14. The van der Waals surface area contributed by atoms with E-state index in [2.05, 4.69) is 43.4 Å². The van der Waals surface area contributed by atoms with Gasteiger partial charge in [-0.3, -0.25) is 4.79 Å². The molecule has 0 spiro atoms. The summed E-state index contributed by atoms with van der Waals surface area (Å²) in [7, 11) is 0. The number of nitrogens with one attached hydrogen (secondary N) is 1. The van der Waals surface area contributed by atoms with Gasteiger partial charge < -0.3 is 11.1 Å². The largest absolute Gasteiger partial charge is 0.383 e. The minimum absolute atomic E-state index is 0.327. The van der Waals surface area contributed by atoms with Gasteiger partial charge in [-0.1, -0.05) is 35.9 Å². The number of primary amides is 1. The average Bonchev–Trinajstić information content (AvgIpc) is 2.45. The van der Waals surface area contributed by atoms with Crippen LogP contribution in [0.5, 0.6) is 0 Å². The predicted molar refractivity (Wildman–Crippen MR) is 87.5 cm³/mol. The lowest BCUT2D eigenvalue weighted by atomic mass is 10.0. The molecular weight excluding hydrogens is 260 g/mol. The molecule has 0 aliphatic carbocycles. The standard InChI is InChI=1S/C18H22N2O/c1-13-5-3-6-15(11-13)10-9-14(2)20-17-8-4-7-16(12-17)18(19)21/h3-8,11-12,14,20H,9-10H2,1-2H3,(H2,19,21). The molecule has 1 atom stereocenters. The number of nitrogens with two attached hydrogens (primary N) is 1. The number of benzene rings is 2. The molecule has 110 valence electrons. The minimum atomic E-state index is -0.397. The van der Waals surface area contributed by atoms with E-state index < -0.39 is 5.91 Å². The molecule has 3 heteroatoms. The second-order valence-corrected chi connectivity index (χ2v) is 5.52. The Hall–Kier alpha value is -2.29. The monoisotopic (exact) mass is 282 g/mol. The van der Waals surface area contributed by atoms with E-state index >= 15 is 0 Å². The van der Waals surface area contributed by atoms with Gasteiger partial charge in [-0.05, 0) is 50.5 Å². The Morgan fingerprint density at radius 2 is 1.95 bits per heavy atom. The van der Waals surface area contributed by atoms with Crippen LogP contribution in [0, 0.1) is 6.92 Å². The van der Waals surface area contributed by atoms with Crippen LogP contribution in [-0.2, 0) is 6.42 Å². The lowest BCUT2D eigenvalue weighted by Gasteiger charge is -2.16. The van der Waals surface area contributed by atoms with Crippen LogP contribution in [0.4, 0.5) is 5.69 Å². The SMILES string of the molecule is Cc1cccc(CCC(C)Nc2cccc(C(N)=O)c2)c1. The van der Waals surface area contributed by atoms with Crippen molar-refractivity contribution in [3.8, 4) is 0 Å². The molecule has 0 bridgehead atoms. The normalized spacial score (nSPS) is 11.9. The van der Waals surface area contributed by atoms with Crippen molar-refractivity contribution in [1.29, 1.82) is 0 Å². The van der Waals surface area contributed by atoms with Crippen molar-refractivity contribution in [3.63, 3.8) is 0 Å². The Kier molecular flexibility index (Phi) is 4.99. The smallest absolute Gasteiger partial charge is 0.248 e. The maximum Gasteiger partial charge on any atom is 0.248 e. The first-order chi connectivity index (χ1) is 10.0. The lowest BCUT2D eigenvalue weighted by molar-refractivity contribution is 0.100. The molecule has 2 rings (SSSR count). The number of hydrogen-bond donors (Lipinski definition) is 2. The lowest BCUT2D eigenvalue weighted by Crippen LogP contribution is -2.17. The average molecular weight is 282 g/mol. The topological polar surface area (TPSA) is 55.1 Å². The maximum atomic E-state index is 11.2. The molecule has 1 amide bonds. The van der Waals surface area contributed by atoms with Gasteiger partial charge >= 0.3 is 0 Å².